The quantitative estimate of drug-likeness (QED) is 0.841. The lowest BCUT2D eigenvalue weighted by molar-refractivity contribution is -0.129. The fourth-order valence-corrected chi connectivity index (χ4v) is 3.16. The Hall–Kier alpha value is -0.420. The molecule has 0 amide bonds. The normalized spacial score (nSPS) is 18.6. The highest BCUT2D eigenvalue weighted by Gasteiger charge is 2.37. The smallest absolute Gasteiger partial charge is 0.144 e. The Morgan fingerprint density at radius 1 is 1.17 bits per heavy atom. The van der Waals surface area contributed by atoms with Crippen molar-refractivity contribution in [2.24, 2.45) is 11.1 Å². The molecule has 1 aromatic rings. The molecule has 1 fully saturated rings. The Labute approximate surface area is 122 Å². The van der Waals surface area contributed by atoms with Crippen molar-refractivity contribution in [2.75, 3.05) is 6.54 Å². The predicted octanol–water partition coefficient (Wildman–Crippen LogP) is 3.31. The zero-order chi connectivity index (χ0) is 13.0. The van der Waals surface area contributed by atoms with Crippen LogP contribution >= 0.6 is 22.6 Å². The number of ketones is 1. The highest BCUT2D eigenvalue weighted by molar-refractivity contribution is 14.1. The lowest BCUT2D eigenvalue weighted by Gasteiger charge is -2.34. The number of nitrogens with two attached hydrogens (primary N) is 1. The number of benzene rings is 1. The molecule has 0 bridgehead atoms. The lowest BCUT2D eigenvalue weighted by atomic mass is 9.70. The van der Waals surface area contributed by atoms with Gasteiger partial charge >= 0.3 is 0 Å². The lowest BCUT2D eigenvalue weighted by Crippen LogP contribution is -2.41. The van der Waals surface area contributed by atoms with Gasteiger partial charge in [0.2, 0.25) is 0 Å². The van der Waals surface area contributed by atoms with Gasteiger partial charge in [0.1, 0.15) is 5.78 Å². The Balaban J connectivity index is 2.07. The van der Waals surface area contributed by atoms with Crippen LogP contribution in [0.1, 0.15) is 37.7 Å². The molecule has 0 aromatic heterocycles. The molecule has 2 N–H and O–H groups in total. The van der Waals surface area contributed by atoms with E-state index in [1.165, 1.54) is 9.99 Å². The molecule has 1 aromatic carbocycles. The van der Waals surface area contributed by atoms with E-state index in [0.717, 1.165) is 31.2 Å². The number of halogens is 1. The van der Waals surface area contributed by atoms with Gasteiger partial charge in [-0.3, -0.25) is 4.79 Å². The number of hydrogen-bond donors (Lipinski definition) is 1. The summed E-state index contributed by atoms with van der Waals surface area (Å²) in [6, 6.07) is 8.21. The van der Waals surface area contributed by atoms with Gasteiger partial charge in [0.25, 0.3) is 0 Å². The van der Waals surface area contributed by atoms with E-state index in [0.29, 0.717) is 18.7 Å². The van der Waals surface area contributed by atoms with E-state index >= 15 is 0 Å². The summed E-state index contributed by atoms with van der Waals surface area (Å²) >= 11 is 2.28. The van der Waals surface area contributed by atoms with Crippen molar-refractivity contribution in [3.8, 4) is 0 Å². The van der Waals surface area contributed by atoms with E-state index in [9.17, 15) is 4.79 Å². The van der Waals surface area contributed by atoms with Gasteiger partial charge in [-0.25, -0.2) is 0 Å². The van der Waals surface area contributed by atoms with E-state index in [2.05, 4.69) is 34.7 Å². The number of rotatable bonds is 4. The molecule has 0 atom stereocenters. The van der Waals surface area contributed by atoms with E-state index in [4.69, 9.17) is 5.73 Å². The van der Waals surface area contributed by atoms with Crippen LogP contribution in [0.2, 0.25) is 0 Å². The van der Waals surface area contributed by atoms with Crippen LogP contribution in [0.15, 0.2) is 24.3 Å². The van der Waals surface area contributed by atoms with Gasteiger partial charge < -0.3 is 5.73 Å². The zero-order valence-corrected chi connectivity index (χ0v) is 12.8. The third kappa shape index (κ3) is 3.12. The standard InChI is InChI=1S/C15H20INO/c16-13-6-4-12(5-7-13)10-14(18)15(11-17)8-2-1-3-9-15/h4-7H,1-3,8-11,17H2. The summed E-state index contributed by atoms with van der Waals surface area (Å²) in [5, 5.41) is 0. The van der Waals surface area contributed by atoms with Crippen LogP contribution in [-0.2, 0) is 11.2 Å². The molecular weight excluding hydrogens is 337 g/mol. The van der Waals surface area contributed by atoms with Crippen LogP contribution in [0.4, 0.5) is 0 Å². The first kappa shape index (κ1) is 14.0. The first-order valence-corrected chi connectivity index (χ1v) is 7.72. The van der Waals surface area contributed by atoms with Gasteiger partial charge in [0, 0.05) is 22.0 Å². The molecule has 2 nitrogen and oxygen atoms in total. The summed E-state index contributed by atoms with van der Waals surface area (Å²) in [5.41, 5.74) is 6.77. The first-order valence-electron chi connectivity index (χ1n) is 6.64. The van der Waals surface area contributed by atoms with Gasteiger partial charge in [-0.2, -0.15) is 0 Å². The molecule has 0 unspecified atom stereocenters. The Morgan fingerprint density at radius 3 is 2.33 bits per heavy atom. The molecule has 0 heterocycles. The minimum absolute atomic E-state index is 0.235. The molecule has 2 rings (SSSR count). The van der Waals surface area contributed by atoms with Crippen LogP contribution in [0, 0.1) is 8.99 Å². The van der Waals surface area contributed by atoms with Gasteiger partial charge in [0.05, 0.1) is 0 Å². The molecule has 0 spiro atoms. The molecule has 1 aliphatic carbocycles. The summed E-state index contributed by atoms with van der Waals surface area (Å²) in [4.78, 5) is 12.5. The average molecular weight is 357 g/mol. The minimum Gasteiger partial charge on any atom is -0.329 e. The van der Waals surface area contributed by atoms with Gasteiger partial charge in [-0.05, 0) is 53.1 Å². The summed E-state index contributed by atoms with van der Waals surface area (Å²) < 4.78 is 1.20. The largest absolute Gasteiger partial charge is 0.329 e. The number of Topliss-reactive ketones (excluding diaryl/α,β-unsaturated/α-hetero) is 1. The fourth-order valence-electron chi connectivity index (χ4n) is 2.80. The van der Waals surface area contributed by atoms with E-state index in [-0.39, 0.29) is 5.41 Å². The van der Waals surface area contributed by atoms with Crippen LogP contribution in [0.3, 0.4) is 0 Å². The summed E-state index contributed by atoms with van der Waals surface area (Å²) in [5.74, 6) is 0.339. The summed E-state index contributed by atoms with van der Waals surface area (Å²) in [7, 11) is 0. The SMILES string of the molecule is NCC1(C(=O)Cc2ccc(I)cc2)CCCCC1. The maximum absolute atomic E-state index is 12.5. The van der Waals surface area contributed by atoms with E-state index < -0.39 is 0 Å². The van der Waals surface area contributed by atoms with Crippen LogP contribution < -0.4 is 5.73 Å². The third-order valence-corrected chi connectivity index (χ3v) is 4.79. The Bertz CT molecular complexity index is 407. The highest BCUT2D eigenvalue weighted by Crippen LogP contribution is 2.37. The van der Waals surface area contributed by atoms with E-state index in [1.807, 2.05) is 12.1 Å². The van der Waals surface area contributed by atoms with Crippen molar-refractivity contribution in [1.29, 1.82) is 0 Å². The highest BCUT2D eigenvalue weighted by atomic mass is 127. The van der Waals surface area contributed by atoms with Crippen LogP contribution in [0.5, 0.6) is 0 Å². The average Bonchev–Trinajstić information content (AvgIpc) is 2.42. The molecule has 3 heteroatoms. The Morgan fingerprint density at radius 2 is 1.78 bits per heavy atom. The maximum Gasteiger partial charge on any atom is 0.144 e. The molecule has 1 aliphatic rings. The van der Waals surface area contributed by atoms with Crippen molar-refractivity contribution in [3.05, 3.63) is 33.4 Å². The molecular formula is C15H20INO. The first-order chi connectivity index (χ1) is 8.66. The van der Waals surface area contributed by atoms with Crippen LogP contribution in [0.25, 0.3) is 0 Å². The van der Waals surface area contributed by atoms with Gasteiger partial charge in [-0.15, -0.1) is 0 Å². The maximum atomic E-state index is 12.5. The van der Waals surface area contributed by atoms with Gasteiger partial charge in [0.15, 0.2) is 0 Å². The van der Waals surface area contributed by atoms with Crippen molar-refractivity contribution in [3.63, 3.8) is 0 Å². The number of carbonyl (C=O) groups is 1. The molecule has 0 radical (unpaired) electrons. The zero-order valence-electron chi connectivity index (χ0n) is 10.6. The molecule has 18 heavy (non-hydrogen) atoms. The second kappa shape index (κ2) is 6.15. The van der Waals surface area contributed by atoms with Crippen LogP contribution in [-0.4, -0.2) is 12.3 Å². The second-order valence-corrected chi connectivity index (χ2v) is 6.52. The molecule has 1 saturated carbocycles. The minimum atomic E-state index is -0.235. The molecule has 0 saturated heterocycles. The number of carbonyl (C=O) groups excluding carboxylic acids is 1. The van der Waals surface area contributed by atoms with Crippen molar-refractivity contribution >= 4 is 28.4 Å². The third-order valence-electron chi connectivity index (χ3n) is 4.07. The van der Waals surface area contributed by atoms with Crippen molar-refractivity contribution in [2.45, 2.75) is 38.5 Å². The van der Waals surface area contributed by atoms with Gasteiger partial charge in [-0.1, -0.05) is 31.4 Å². The summed E-state index contributed by atoms with van der Waals surface area (Å²) in [6.07, 6.45) is 6.04. The summed E-state index contributed by atoms with van der Waals surface area (Å²) in [6.45, 7) is 0.510. The molecule has 0 aliphatic heterocycles. The second-order valence-electron chi connectivity index (χ2n) is 5.27. The van der Waals surface area contributed by atoms with E-state index in [1.54, 1.807) is 0 Å². The van der Waals surface area contributed by atoms with Crippen molar-refractivity contribution in [1.82, 2.24) is 0 Å². The Kier molecular flexibility index (Phi) is 4.78. The molecule has 98 valence electrons. The fraction of sp³-hybridized carbons (Fsp3) is 0.533. The predicted molar refractivity (Wildman–Crippen MR) is 82.4 cm³/mol. The topological polar surface area (TPSA) is 43.1 Å². The number of hydrogen-bond acceptors (Lipinski definition) is 2. The monoisotopic (exact) mass is 357 g/mol. The van der Waals surface area contributed by atoms with Crippen molar-refractivity contribution < 1.29 is 4.79 Å².